The van der Waals surface area contributed by atoms with Crippen LogP contribution in [0.25, 0.3) is 0 Å². The van der Waals surface area contributed by atoms with Crippen molar-refractivity contribution in [3.63, 3.8) is 0 Å². The highest BCUT2D eigenvalue weighted by atomic mass is 19.1. The van der Waals surface area contributed by atoms with E-state index in [-0.39, 0.29) is 36.6 Å². The lowest BCUT2D eigenvalue weighted by molar-refractivity contribution is -0.141. The number of benzene rings is 3. The molecule has 184 valence electrons. The molecule has 3 aromatic carbocycles. The number of amides is 2. The summed E-state index contributed by atoms with van der Waals surface area (Å²) in [5.41, 5.74) is 4.84. The van der Waals surface area contributed by atoms with E-state index in [1.165, 1.54) is 12.1 Å². The van der Waals surface area contributed by atoms with Crippen molar-refractivity contribution in [1.82, 2.24) is 10.2 Å². The quantitative estimate of drug-likeness (QED) is 0.419. The third-order valence-corrected chi connectivity index (χ3v) is 6.18. The second-order valence-corrected chi connectivity index (χ2v) is 9.34. The Morgan fingerprint density at radius 2 is 1.51 bits per heavy atom. The van der Waals surface area contributed by atoms with Gasteiger partial charge in [0, 0.05) is 19.0 Å². The fourth-order valence-electron chi connectivity index (χ4n) is 4.23. The second-order valence-electron chi connectivity index (χ2n) is 9.34. The van der Waals surface area contributed by atoms with Crippen LogP contribution in [-0.2, 0) is 29.0 Å². The van der Waals surface area contributed by atoms with Crippen molar-refractivity contribution < 1.29 is 14.0 Å². The molecule has 0 aliphatic rings. The van der Waals surface area contributed by atoms with Crippen LogP contribution in [0.5, 0.6) is 0 Å². The Morgan fingerprint density at radius 3 is 2.11 bits per heavy atom. The minimum absolute atomic E-state index is 0.0111. The number of halogens is 1. The number of nitrogens with zero attached hydrogens (tertiary/aromatic N) is 1. The van der Waals surface area contributed by atoms with Gasteiger partial charge in [-0.15, -0.1) is 0 Å². The molecule has 0 heterocycles. The molecule has 0 aromatic heterocycles. The van der Waals surface area contributed by atoms with Crippen LogP contribution >= 0.6 is 0 Å². The molecule has 35 heavy (non-hydrogen) atoms. The minimum Gasteiger partial charge on any atom is -0.352 e. The maximum absolute atomic E-state index is 13.8. The monoisotopic (exact) mass is 474 g/mol. The predicted octanol–water partition coefficient (Wildman–Crippen LogP) is 5.54. The second kappa shape index (κ2) is 12.3. The molecule has 2 amide bonds. The van der Waals surface area contributed by atoms with Crippen LogP contribution in [0.15, 0.2) is 72.8 Å². The van der Waals surface area contributed by atoms with Crippen LogP contribution in [-0.4, -0.2) is 28.8 Å². The van der Waals surface area contributed by atoms with Crippen molar-refractivity contribution in [2.24, 2.45) is 0 Å². The lowest BCUT2D eigenvalue weighted by Crippen LogP contribution is -2.52. The third kappa shape index (κ3) is 7.78. The van der Waals surface area contributed by atoms with Gasteiger partial charge in [-0.25, -0.2) is 4.39 Å². The molecule has 1 N–H and O–H groups in total. The Kier molecular flexibility index (Phi) is 9.18. The first-order valence-corrected chi connectivity index (χ1v) is 12.2. The maximum Gasteiger partial charge on any atom is 0.243 e. The van der Waals surface area contributed by atoms with Crippen LogP contribution in [0.2, 0.25) is 0 Å². The van der Waals surface area contributed by atoms with E-state index < -0.39 is 6.04 Å². The van der Waals surface area contributed by atoms with E-state index in [1.807, 2.05) is 70.2 Å². The first-order chi connectivity index (χ1) is 16.7. The van der Waals surface area contributed by atoms with Crippen LogP contribution in [0.1, 0.15) is 48.1 Å². The average Bonchev–Trinajstić information content (AvgIpc) is 2.82. The van der Waals surface area contributed by atoms with Crippen molar-refractivity contribution in [3.05, 3.63) is 106 Å². The number of rotatable bonds is 10. The van der Waals surface area contributed by atoms with Gasteiger partial charge in [-0.3, -0.25) is 9.59 Å². The number of carbonyl (C=O) groups is 2. The summed E-state index contributed by atoms with van der Waals surface area (Å²) >= 11 is 0. The van der Waals surface area contributed by atoms with Gasteiger partial charge in [-0.2, -0.15) is 0 Å². The smallest absolute Gasteiger partial charge is 0.243 e. The van der Waals surface area contributed by atoms with E-state index >= 15 is 0 Å². The van der Waals surface area contributed by atoms with Crippen LogP contribution in [0, 0.1) is 19.7 Å². The number of nitrogens with one attached hydrogen (secondary N) is 1. The first-order valence-electron chi connectivity index (χ1n) is 12.2. The highest BCUT2D eigenvalue weighted by Gasteiger charge is 2.31. The van der Waals surface area contributed by atoms with Crippen LogP contribution in [0.3, 0.4) is 0 Å². The van der Waals surface area contributed by atoms with Crippen LogP contribution in [0.4, 0.5) is 4.39 Å². The van der Waals surface area contributed by atoms with Gasteiger partial charge in [-0.05, 0) is 56.0 Å². The Labute approximate surface area is 208 Å². The number of aryl methyl sites for hydroxylation is 2. The van der Waals surface area contributed by atoms with Gasteiger partial charge in [0.15, 0.2) is 0 Å². The summed E-state index contributed by atoms with van der Waals surface area (Å²) in [6.07, 6.45) is 1.37. The molecule has 0 unspecified atom stereocenters. The Bertz CT molecular complexity index is 1110. The molecule has 5 heteroatoms. The van der Waals surface area contributed by atoms with Gasteiger partial charge in [0.05, 0.1) is 6.42 Å². The van der Waals surface area contributed by atoms with Crippen molar-refractivity contribution in [3.8, 4) is 0 Å². The van der Waals surface area contributed by atoms with Crippen LogP contribution < -0.4 is 5.32 Å². The van der Waals surface area contributed by atoms with Gasteiger partial charge in [0.25, 0.3) is 0 Å². The summed E-state index contributed by atoms with van der Waals surface area (Å²) < 4.78 is 13.6. The Balaban J connectivity index is 1.98. The van der Waals surface area contributed by atoms with E-state index in [2.05, 4.69) is 11.4 Å². The summed E-state index contributed by atoms with van der Waals surface area (Å²) in [4.78, 5) is 28.9. The zero-order chi connectivity index (χ0) is 25.4. The van der Waals surface area contributed by atoms with Crippen molar-refractivity contribution in [1.29, 1.82) is 0 Å². The molecular weight excluding hydrogens is 439 g/mol. The molecule has 0 spiro atoms. The summed E-state index contributed by atoms with van der Waals surface area (Å²) in [6, 6.07) is 21.2. The molecule has 0 radical (unpaired) electrons. The summed E-state index contributed by atoms with van der Waals surface area (Å²) in [5.74, 6) is -0.657. The van der Waals surface area contributed by atoms with Gasteiger partial charge in [-0.1, -0.05) is 78.7 Å². The SMILES string of the molecule is CC[C@@H](C)NC(=O)[C@@H](Cc1ccccc1)N(Cc1ccc(F)cc1)C(=O)Cc1cc(C)cc(C)c1. The molecule has 2 atom stereocenters. The minimum atomic E-state index is -0.699. The lowest BCUT2D eigenvalue weighted by atomic mass is 10.00. The summed E-state index contributed by atoms with van der Waals surface area (Å²) in [5, 5.41) is 3.07. The number of hydrogen-bond acceptors (Lipinski definition) is 2. The van der Waals surface area contributed by atoms with Crippen molar-refractivity contribution in [2.45, 2.75) is 65.6 Å². The van der Waals surface area contributed by atoms with Crippen molar-refractivity contribution in [2.75, 3.05) is 0 Å². The topological polar surface area (TPSA) is 49.4 Å². The average molecular weight is 475 g/mol. The molecule has 0 bridgehead atoms. The molecule has 0 aliphatic carbocycles. The summed E-state index contributed by atoms with van der Waals surface area (Å²) in [6.45, 7) is 8.21. The molecule has 0 fully saturated rings. The molecule has 0 saturated carbocycles. The van der Waals surface area contributed by atoms with Gasteiger partial charge in [0.1, 0.15) is 11.9 Å². The predicted molar refractivity (Wildman–Crippen MR) is 138 cm³/mol. The van der Waals surface area contributed by atoms with Gasteiger partial charge >= 0.3 is 0 Å². The van der Waals surface area contributed by atoms with Crippen molar-refractivity contribution >= 4 is 11.8 Å². The number of hydrogen-bond donors (Lipinski definition) is 1. The molecular formula is C30H35FN2O2. The molecule has 0 aliphatic heterocycles. The third-order valence-electron chi connectivity index (χ3n) is 6.18. The Morgan fingerprint density at radius 1 is 0.886 bits per heavy atom. The maximum atomic E-state index is 13.8. The number of carbonyl (C=O) groups excluding carboxylic acids is 2. The van der Waals surface area contributed by atoms with Gasteiger partial charge < -0.3 is 10.2 Å². The van der Waals surface area contributed by atoms with E-state index in [0.29, 0.717) is 6.42 Å². The zero-order valence-electron chi connectivity index (χ0n) is 21.1. The first kappa shape index (κ1) is 26.1. The molecule has 3 rings (SSSR count). The largest absolute Gasteiger partial charge is 0.352 e. The lowest BCUT2D eigenvalue weighted by Gasteiger charge is -2.32. The molecule has 4 nitrogen and oxygen atoms in total. The van der Waals surface area contributed by atoms with E-state index in [0.717, 1.165) is 34.2 Å². The standard InChI is InChI=1S/C30H35FN2O2/c1-5-23(4)32-30(35)28(18-24-9-7-6-8-10-24)33(20-25-11-13-27(31)14-12-25)29(34)19-26-16-21(2)15-22(3)17-26/h6-17,23,28H,5,18-20H2,1-4H3,(H,32,35)/t23-,28-/m1/s1. The fourth-order valence-corrected chi connectivity index (χ4v) is 4.23. The highest BCUT2D eigenvalue weighted by Crippen LogP contribution is 2.18. The van der Waals surface area contributed by atoms with E-state index in [4.69, 9.17) is 0 Å². The van der Waals surface area contributed by atoms with E-state index in [9.17, 15) is 14.0 Å². The molecule has 3 aromatic rings. The normalized spacial score (nSPS) is 12.6. The Hall–Kier alpha value is -3.47. The fraction of sp³-hybridized carbons (Fsp3) is 0.333. The highest BCUT2D eigenvalue weighted by molar-refractivity contribution is 5.89. The van der Waals surface area contributed by atoms with E-state index in [1.54, 1.807) is 17.0 Å². The summed E-state index contributed by atoms with van der Waals surface area (Å²) in [7, 11) is 0. The molecule has 0 saturated heterocycles. The zero-order valence-corrected chi connectivity index (χ0v) is 21.1. The van der Waals surface area contributed by atoms with Gasteiger partial charge in [0.2, 0.25) is 11.8 Å².